The fourth-order valence-corrected chi connectivity index (χ4v) is 2.94. The molecular weight excluding hydrogens is 352 g/mol. The third kappa shape index (κ3) is 4.65. The van der Waals surface area contributed by atoms with E-state index in [1.54, 1.807) is 36.4 Å². The summed E-state index contributed by atoms with van der Waals surface area (Å²) in [6.07, 6.45) is 4.95. The van der Waals surface area contributed by atoms with Gasteiger partial charge in [-0.15, -0.1) is 0 Å². The summed E-state index contributed by atoms with van der Waals surface area (Å²) in [6.45, 7) is 2.30. The van der Waals surface area contributed by atoms with Gasteiger partial charge in [-0.2, -0.15) is 0 Å². The number of para-hydroxylation sites is 1. The first kappa shape index (κ1) is 19.4. The first-order valence-electron chi connectivity index (χ1n) is 9.10. The summed E-state index contributed by atoms with van der Waals surface area (Å²) >= 11 is 0. The van der Waals surface area contributed by atoms with Crippen LogP contribution in [-0.4, -0.2) is 39.7 Å². The summed E-state index contributed by atoms with van der Waals surface area (Å²) in [5.74, 6) is 0.598. The van der Waals surface area contributed by atoms with Crippen molar-refractivity contribution >= 4 is 34.5 Å². The van der Waals surface area contributed by atoms with Gasteiger partial charge in [0.1, 0.15) is 11.6 Å². The minimum absolute atomic E-state index is 0.0468. The Hall–Kier alpha value is -3.41. The minimum atomic E-state index is -0.0796. The predicted octanol–water partition coefficient (Wildman–Crippen LogP) is 3.25. The second kappa shape index (κ2) is 8.52. The minimum Gasteiger partial charge on any atom is -0.363 e. The Morgan fingerprint density at radius 3 is 2.68 bits per heavy atom. The lowest BCUT2D eigenvalue weighted by molar-refractivity contribution is -0.125. The average molecular weight is 376 g/mol. The van der Waals surface area contributed by atoms with Crippen LogP contribution in [0, 0.1) is 0 Å². The Balaban J connectivity index is 1.61. The number of nitrogens with zero attached hydrogens (tertiary/aromatic N) is 3. The maximum atomic E-state index is 12.5. The molecular formula is C22H24N4O2. The molecule has 1 aromatic carbocycles. The van der Waals surface area contributed by atoms with E-state index in [1.807, 2.05) is 25.2 Å². The number of nitrogens with one attached hydrogen (secondary N) is 1. The van der Waals surface area contributed by atoms with E-state index in [4.69, 9.17) is 0 Å². The van der Waals surface area contributed by atoms with E-state index in [1.165, 1.54) is 12.3 Å². The van der Waals surface area contributed by atoms with E-state index >= 15 is 0 Å². The summed E-state index contributed by atoms with van der Waals surface area (Å²) in [5.41, 5.74) is 3.05. The molecule has 0 aliphatic carbocycles. The highest BCUT2D eigenvalue weighted by Crippen LogP contribution is 2.19. The van der Waals surface area contributed by atoms with Crippen molar-refractivity contribution in [2.75, 3.05) is 18.9 Å². The highest BCUT2D eigenvalue weighted by Gasteiger charge is 2.10. The van der Waals surface area contributed by atoms with E-state index in [-0.39, 0.29) is 18.2 Å². The molecule has 0 saturated carbocycles. The number of hydrogen-bond donors (Lipinski definition) is 1. The van der Waals surface area contributed by atoms with Crippen molar-refractivity contribution in [3.05, 3.63) is 66.0 Å². The van der Waals surface area contributed by atoms with Crippen molar-refractivity contribution in [3.8, 4) is 0 Å². The van der Waals surface area contributed by atoms with Gasteiger partial charge in [0, 0.05) is 37.6 Å². The number of aryl methyl sites for hydroxylation is 1. The van der Waals surface area contributed by atoms with Crippen LogP contribution >= 0.6 is 0 Å². The van der Waals surface area contributed by atoms with Crippen molar-refractivity contribution in [3.63, 3.8) is 0 Å². The first-order valence-corrected chi connectivity index (χ1v) is 9.10. The van der Waals surface area contributed by atoms with Crippen LogP contribution in [0.25, 0.3) is 17.0 Å². The van der Waals surface area contributed by atoms with Gasteiger partial charge in [-0.05, 0) is 48.2 Å². The number of hydrogen-bond acceptors (Lipinski definition) is 4. The van der Waals surface area contributed by atoms with E-state index in [0.717, 1.165) is 16.8 Å². The van der Waals surface area contributed by atoms with Gasteiger partial charge in [0.05, 0.1) is 13.1 Å². The molecule has 2 heterocycles. The Morgan fingerprint density at radius 2 is 2.00 bits per heavy atom. The van der Waals surface area contributed by atoms with Crippen molar-refractivity contribution in [1.82, 2.24) is 14.5 Å². The number of amides is 1. The van der Waals surface area contributed by atoms with Crippen molar-refractivity contribution in [1.29, 1.82) is 0 Å². The van der Waals surface area contributed by atoms with E-state index in [2.05, 4.69) is 33.1 Å². The molecule has 0 fully saturated rings. The van der Waals surface area contributed by atoms with E-state index in [9.17, 15) is 9.59 Å². The van der Waals surface area contributed by atoms with Gasteiger partial charge in [-0.1, -0.05) is 18.2 Å². The van der Waals surface area contributed by atoms with Crippen LogP contribution in [0.3, 0.4) is 0 Å². The zero-order valence-corrected chi connectivity index (χ0v) is 16.3. The molecule has 1 amide bonds. The zero-order valence-electron chi connectivity index (χ0n) is 16.3. The van der Waals surface area contributed by atoms with Crippen LogP contribution in [-0.2, 0) is 23.2 Å². The molecule has 0 saturated heterocycles. The number of Topliss-reactive ketones (excluding diaryl/α,β-unsaturated/α-hetero) is 1. The van der Waals surface area contributed by atoms with E-state index < -0.39 is 0 Å². The monoisotopic (exact) mass is 376 g/mol. The van der Waals surface area contributed by atoms with Crippen LogP contribution in [0.4, 0.5) is 5.82 Å². The maximum absolute atomic E-state index is 12.5. The number of likely N-dealkylation sites (N-methyl/N-ethyl adjacent to an activating group) is 1. The lowest BCUT2D eigenvalue weighted by Gasteiger charge is -2.15. The molecule has 2 aromatic heterocycles. The van der Waals surface area contributed by atoms with Gasteiger partial charge in [-0.25, -0.2) is 4.98 Å². The number of aromatic nitrogens is 2. The number of carbonyl (C=O) groups is 2. The summed E-state index contributed by atoms with van der Waals surface area (Å²) < 4.78 is 2.11. The van der Waals surface area contributed by atoms with Gasteiger partial charge < -0.3 is 14.8 Å². The highest BCUT2D eigenvalue weighted by molar-refractivity contribution is 5.91. The Bertz CT molecular complexity index is 1020. The lowest BCUT2D eigenvalue weighted by atomic mass is 10.2. The van der Waals surface area contributed by atoms with Gasteiger partial charge in [0.15, 0.2) is 0 Å². The topological polar surface area (TPSA) is 67.2 Å². The van der Waals surface area contributed by atoms with Gasteiger partial charge in [0.25, 0.3) is 0 Å². The molecule has 144 valence electrons. The molecule has 0 aliphatic heterocycles. The lowest BCUT2D eigenvalue weighted by Crippen LogP contribution is -2.25. The van der Waals surface area contributed by atoms with Crippen LogP contribution in [0.2, 0.25) is 0 Å². The molecule has 0 spiro atoms. The fraction of sp³-hybridized carbons (Fsp3) is 0.227. The van der Waals surface area contributed by atoms with Gasteiger partial charge in [-0.3, -0.25) is 9.59 Å². The standard InChI is InChI=1S/C22H24N4O2/c1-16(27)13-23-21-10-8-17(14-24-21)9-11-22(28)25(2)15-19-12-18-6-4-5-7-20(18)26(19)3/h4-12,14H,13,15H2,1-3H3,(H,23,24). The molecule has 1 N–H and O–H groups in total. The number of anilines is 1. The quantitative estimate of drug-likeness (QED) is 0.643. The number of pyridine rings is 1. The van der Waals surface area contributed by atoms with Gasteiger partial charge >= 0.3 is 0 Å². The molecule has 28 heavy (non-hydrogen) atoms. The molecule has 0 bridgehead atoms. The summed E-state index contributed by atoms with van der Waals surface area (Å²) in [4.78, 5) is 29.3. The van der Waals surface area contributed by atoms with Crippen LogP contribution in [0.15, 0.2) is 54.7 Å². The molecule has 0 atom stereocenters. The van der Waals surface area contributed by atoms with E-state index in [0.29, 0.717) is 12.4 Å². The van der Waals surface area contributed by atoms with Crippen molar-refractivity contribution in [2.24, 2.45) is 7.05 Å². The number of fused-ring (bicyclic) bond motifs is 1. The largest absolute Gasteiger partial charge is 0.363 e. The fourth-order valence-electron chi connectivity index (χ4n) is 2.94. The third-order valence-electron chi connectivity index (χ3n) is 4.55. The molecule has 3 rings (SSSR count). The summed E-state index contributed by atoms with van der Waals surface area (Å²) in [7, 11) is 3.80. The normalized spacial score (nSPS) is 11.1. The zero-order chi connectivity index (χ0) is 20.1. The molecule has 6 nitrogen and oxygen atoms in total. The molecule has 0 aliphatic rings. The predicted molar refractivity (Wildman–Crippen MR) is 112 cm³/mol. The van der Waals surface area contributed by atoms with Gasteiger partial charge in [0.2, 0.25) is 5.91 Å². The second-order valence-corrected chi connectivity index (χ2v) is 6.81. The maximum Gasteiger partial charge on any atom is 0.246 e. The van der Waals surface area contributed by atoms with Crippen LogP contribution in [0.1, 0.15) is 18.2 Å². The third-order valence-corrected chi connectivity index (χ3v) is 4.55. The van der Waals surface area contributed by atoms with Crippen LogP contribution in [0.5, 0.6) is 0 Å². The average Bonchev–Trinajstić information content (AvgIpc) is 3.01. The Kier molecular flexibility index (Phi) is 5.89. The number of benzene rings is 1. The highest BCUT2D eigenvalue weighted by atomic mass is 16.2. The first-order chi connectivity index (χ1) is 13.4. The van der Waals surface area contributed by atoms with Crippen LogP contribution < -0.4 is 5.32 Å². The van der Waals surface area contributed by atoms with Crippen molar-refractivity contribution < 1.29 is 9.59 Å². The molecule has 3 aromatic rings. The Labute approximate surface area is 164 Å². The smallest absolute Gasteiger partial charge is 0.246 e. The Morgan fingerprint density at radius 1 is 1.21 bits per heavy atom. The summed E-state index contributed by atoms with van der Waals surface area (Å²) in [5, 5.41) is 4.10. The summed E-state index contributed by atoms with van der Waals surface area (Å²) in [6, 6.07) is 13.9. The number of ketones is 1. The number of rotatable bonds is 7. The molecule has 0 radical (unpaired) electrons. The molecule has 6 heteroatoms. The SMILES string of the molecule is CC(=O)CNc1ccc(C=CC(=O)N(C)Cc2cc3ccccc3n2C)cn1. The van der Waals surface area contributed by atoms with Crippen molar-refractivity contribution in [2.45, 2.75) is 13.5 Å². The molecule has 0 unspecified atom stereocenters. The second-order valence-electron chi connectivity index (χ2n) is 6.81. The number of carbonyl (C=O) groups excluding carboxylic acids is 2.